The lowest BCUT2D eigenvalue weighted by atomic mass is 10.0. The first-order valence-corrected chi connectivity index (χ1v) is 8.61. The second kappa shape index (κ2) is 7.95. The SMILES string of the molecule is O=C(CCc1conc1-c1ccccc1)NC1CCCCCC1. The molecule has 0 bridgehead atoms. The van der Waals surface area contributed by atoms with Gasteiger partial charge >= 0.3 is 0 Å². The van der Waals surface area contributed by atoms with E-state index in [1.165, 1.54) is 25.7 Å². The standard InChI is InChI=1S/C19H24N2O2/c22-18(20-17-10-6-1-2-7-11-17)13-12-16-14-23-21-19(16)15-8-4-3-5-9-15/h3-5,8-9,14,17H,1-2,6-7,10-13H2,(H,20,22). The highest BCUT2D eigenvalue weighted by Gasteiger charge is 2.16. The first kappa shape index (κ1) is 15.8. The summed E-state index contributed by atoms with van der Waals surface area (Å²) in [6, 6.07) is 10.3. The Hall–Kier alpha value is -2.10. The number of amides is 1. The van der Waals surface area contributed by atoms with E-state index in [2.05, 4.69) is 10.5 Å². The molecule has 1 aromatic carbocycles. The molecule has 0 aliphatic heterocycles. The molecule has 4 heteroatoms. The Morgan fingerprint density at radius 3 is 2.61 bits per heavy atom. The van der Waals surface area contributed by atoms with Gasteiger partial charge < -0.3 is 9.84 Å². The van der Waals surface area contributed by atoms with Crippen molar-refractivity contribution >= 4 is 5.91 Å². The molecule has 1 fully saturated rings. The van der Waals surface area contributed by atoms with Crippen molar-refractivity contribution in [2.75, 3.05) is 0 Å². The second-order valence-corrected chi connectivity index (χ2v) is 6.31. The molecule has 23 heavy (non-hydrogen) atoms. The summed E-state index contributed by atoms with van der Waals surface area (Å²) < 4.78 is 5.12. The molecular formula is C19H24N2O2. The fourth-order valence-corrected chi connectivity index (χ4v) is 3.24. The Morgan fingerprint density at radius 2 is 1.87 bits per heavy atom. The van der Waals surface area contributed by atoms with E-state index in [0.29, 0.717) is 18.9 Å². The quantitative estimate of drug-likeness (QED) is 0.845. The first-order valence-electron chi connectivity index (χ1n) is 8.61. The van der Waals surface area contributed by atoms with Gasteiger partial charge in [-0.2, -0.15) is 0 Å². The largest absolute Gasteiger partial charge is 0.364 e. The molecule has 0 radical (unpaired) electrons. The van der Waals surface area contributed by atoms with Gasteiger partial charge in [0.2, 0.25) is 5.91 Å². The van der Waals surface area contributed by atoms with E-state index in [-0.39, 0.29) is 5.91 Å². The number of aromatic nitrogens is 1. The predicted molar refractivity (Wildman–Crippen MR) is 89.9 cm³/mol. The molecule has 2 aromatic rings. The summed E-state index contributed by atoms with van der Waals surface area (Å²) in [6.07, 6.45) is 10.1. The lowest BCUT2D eigenvalue weighted by Crippen LogP contribution is -2.34. The topological polar surface area (TPSA) is 55.1 Å². The molecule has 4 nitrogen and oxygen atoms in total. The molecule has 1 aromatic heterocycles. The van der Waals surface area contributed by atoms with Crippen molar-refractivity contribution in [2.45, 2.75) is 57.4 Å². The van der Waals surface area contributed by atoms with Crippen molar-refractivity contribution < 1.29 is 9.32 Å². The lowest BCUT2D eigenvalue weighted by Gasteiger charge is -2.16. The zero-order valence-corrected chi connectivity index (χ0v) is 13.5. The van der Waals surface area contributed by atoms with Crippen LogP contribution in [0.5, 0.6) is 0 Å². The van der Waals surface area contributed by atoms with E-state index in [9.17, 15) is 4.79 Å². The highest BCUT2D eigenvalue weighted by molar-refractivity contribution is 5.77. The molecule has 1 aliphatic rings. The highest BCUT2D eigenvalue weighted by Crippen LogP contribution is 2.23. The van der Waals surface area contributed by atoms with Crippen LogP contribution in [0.2, 0.25) is 0 Å². The molecule has 0 spiro atoms. The normalized spacial score (nSPS) is 16.0. The van der Waals surface area contributed by atoms with Crippen molar-refractivity contribution in [1.82, 2.24) is 10.5 Å². The minimum Gasteiger partial charge on any atom is -0.364 e. The summed E-state index contributed by atoms with van der Waals surface area (Å²) in [6.45, 7) is 0. The molecule has 3 rings (SSSR count). The Bertz CT molecular complexity index is 613. The minimum absolute atomic E-state index is 0.136. The van der Waals surface area contributed by atoms with Crippen LogP contribution in [0.15, 0.2) is 41.1 Å². The maximum absolute atomic E-state index is 12.2. The van der Waals surface area contributed by atoms with E-state index in [4.69, 9.17) is 4.52 Å². The average molecular weight is 312 g/mol. The third-order valence-corrected chi connectivity index (χ3v) is 4.53. The third-order valence-electron chi connectivity index (χ3n) is 4.53. The number of carbonyl (C=O) groups is 1. The van der Waals surface area contributed by atoms with Crippen LogP contribution in [0.1, 0.15) is 50.5 Å². The van der Waals surface area contributed by atoms with Crippen LogP contribution >= 0.6 is 0 Å². The van der Waals surface area contributed by atoms with Gasteiger partial charge in [0.25, 0.3) is 0 Å². The zero-order valence-electron chi connectivity index (χ0n) is 13.5. The lowest BCUT2D eigenvalue weighted by molar-refractivity contribution is -0.121. The smallest absolute Gasteiger partial charge is 0.220 e. The van der Waals surface area contributed by atoms with Gasteiger partial charge in [-0.05, 0) is 19.3 Å². The second-order valence-electron chi connectivity index (χ2n) is 6.31. The molecule has 1 aliphatic carbocycles. The number of nitrogens with one attached hydrogen (secondary N) is 1. The van der Waals surface area contributed by atoms with Crippen LogP contribution in [0.4, 0.5) is 0 Å². The number of benzene rings is 1. The summed E-state index contributed by atoms with van der Waals surface area (Å²) in [5.74, 6) is 0.136. The Kier molecular flexibility index (Phi) is 5.46. The molecule has 122 valence electrons. The van der Waals surface area contributed by atoms with Gasteiger partial charge in [0.05, 0.1) is 0 Å². The summed E-state index contributed by atoms with van der Waals surface area (Å²) in [7, 11) is 0. The molecular weight excluding hydrogens is 288 g/mol. The van der Waals surface area contributed by atoms with Crippen molar-refractivity contribution in [3.8, 4) is 11.3 Å². The number of aryl methyl sites for hydroxylation is 1. The van der Waals surface area contributed by atoms with Gasteiger partial charge in [-0.3, -0.25) is 4.79 Å². The number of rotatable bonds is 5. The highest BCUT2D eigenvalue weighted by atomic mass is 16.5. The molecule has 1 amide bonds. The van der Waals surface area contributed by atoms with Crippen LogP contribution in [-0.2, 0) is 11.2 Å². The maximum Gasteiger partial charge on any atom is 0.220 e. The average Bonchev–Trinajstić information content (AvgIpc) is 2.91. The maximum atomic E-state index is 12.2. The van der Waals surface area contributed by atoms with Gasteiger partial charge in [-0.15, -0.1) is 0 Å². The van der Waals surface area contributed by atoms with Gasteiger partial charge in [-0.25, -0.2) is 0 Å². The van der Waals surface area contributed by atoms with E-state index in [1.807, 2.05) is 30.3 Å². The summed E-state index contributed by atoms with van der Waals surface area (Å²) in [5.41, 5.74) is 2.86. The predicted octanol–water partition coefficient (Wildman–Crippen LogP) is 4.11. The summed E-state index contributed by atoms with van der Waals surface area (Å²) in [5, 5.41) is 7.28. The molecule has 1 N–H and O–H groups in total. The fourth-order valence-electron chi connectivity index (χ4n) is 3.24. The summed E-state index contributed by atoms with van der Waals surface area (Å²) in [4.78, 5) is 12.2. The first-order chi connectivity index (χ1) is 11.3. The monoisotopic (exact) mass is 312 g/mol. The van der Waals surface area contributed by atoms with Crippen molar-refractivity contribution in [3.05, 3.63) is 42.2 Å². The molecule has 0 saturated heterocycles. The van der Waals surface area contributed by atoms with Crippen LogP contribution in [-0.4, -0.2) is 17.1 Å². The van der Waals surface area contributed by atoms with Crippen molar-refractivity contribution in [1.29, 1.82) is 0 Å². The fraction of sp³-hybridized carbons (Fsp3) is 0.474. The van der Waals surface area contributed by atoms with Crippen LogP contribution in [0.3, 0.4) is 0 Å². The Labute approximate surface area is 137 Å². The van der Waals surface area contributed by atoms with Crippen molar-refractivity contribution in [2.24, 2.45) is 0 Å². The minimum atomic E-state index is 0.136. The molecule has 1 saturated carbocycles. The van der Waals surface area contributed by atoms with Crippen LogP contribution < -0.4 is 5.32 Å². The molecule has 0 unspecified atom stereocenters. The van der Waals surface area contributed by atoms with Crippen LogP contribution in [0.25, 0.3) is 11.3 Å². The van der Waals surface area contributed by atoms with Crippen LogP contribution in [0, 0.1) is 0 Å². The van der Waals surface area contributed by atoms with E-state index >= 15 is 0 Å². The third kappa shape index (κ3) is 4.44. The number of hydrogen-bond acceptors (Lipinski definition) is 3. The zero-order chi connectivity index (χ0) is 15.9. The number of hydrogen-bond donors (Lipinski definition) is 1. The summed E-state index contributed by atoms with van der Waals surface area (Å²) >= 11 is 0. The van der Waals surface area contributed by atoms with E-state index in [1.54, 1.807) is 6.26 Å². The Morgan fingerprint density at radius 1 is 1.13 bits per heavy atom. The van der Waals surface area contributed by atoms with E-state index < -0.39 is 0 Å². The van der Waals surface area contributed by atoms with Gasteiger partial charge in [0.1, 0.15) is 12.0 Å². The molecule has 1 heterocycles. The van der Waals surface area contributed by atoms with E-state index in [0.717, 1.165) is 29.7 Å². The number of carbonyl (C=O) groups excluding carboxylic acids is 1. The number of nitrogens with zero attached hydrogens (tertiary/aromatic N) is 1. The van der Waals surface area contributed by atoms with Gasteiger partial charge in [0.15, 0.2) is 0 Å². The molecule has 0 atom stereocenters. The van der Waals surface area contributed by atoms with Gasteiger partial charge in [0, 0.05) is 23.6 Å². The Balaban J connectivity index is 1.54. The van der Waals surface area contributed by atoms with Crippen molar-refractivity contribution in [3.63, 3.8) is 0 Å². The van der Waals surface area contributed by atoms with Gasteiger partial charge in [-0.1, -0.05) is 61.2 Å².